The minimum absolute atomic E-state index is 0.100. The molecule has 9 heteroatoms. The first-order valence-corrected chi connectivity index (χ1v) is 9.52. The third-order valence-electron chi connectivity index (χ3n) is 3.45. The van der Waals surface area contributed by atoms with Gasteiger partial charge in [0, 0.05) is 24.6 Å². The number of amides is 2. The van der Waals surface area contributed by atoms with Gasteiger partial charge in [-0.3, -0.25) is 0 Å². The molecule has 22 heavy (non-hydrogen) atoms. The fraction of sp³-hybridized carbons (Fsp3) is 0.615. The van der Waals surface area contributed by atoms with Gasteiger partial charge >= 0.3 is 6.03 Å². The molecule has 1 atom stereocenters. The predicted octanol–water partition coefficient (Wildman–Crippen LogP) is 1.11. The van der Waals surface area contributed by atoms with Gasteiger partial charge in [0.25, 0.3) is 0 Å². The first kappa shape index (κ1) is 17.2. The largest absolute Gasteiger partial charge is 0.376 e. The van der Waals surface area contributed by atoms with Crippen molar-refractivity contribution >= 4 is 27.4 Å². The number of rotatable bonds is 6. The zero-order valence-electron chi connectivity index (χ0n) is 12.4. The molecule has 1 aliphatic rings. The second-order valence-corrected chi connectivity index (χ2v) is 8.05. The molecular weight excluding hydrogens is 326 g/mol. The van der Waals surface area contributed by atoms with Crippen LogP contribution in [0.15, 0.2) is 16.3 Å². The van der Waals surface area contributed by atoms with E-state index in [-0.39, 0.29) is 22.9 Å². The Kier molecular flexibility index (Phi) is 5.79. The minimum atomic E-state index is -3.68. The smallest absolute Gasteiger partial charge is 0.317 e. The van der Waals surface area contributed by atoms with E-state index >= 15 is 0 Å². The lowest BCUT2D eigenvalue weighted by molar-refractivity contribution is 0.0826. The summed E-state index contributed by atoms with van der Waals surface area (Å²) in [7, 11) is -3.68. The summed E-state index contributed by atoms with van der Waals surface area (Å²) in [5.41, 5.74) is 0. The number of nitrogens with one attached hydrogen (secondary N) is 1. The van der Waals surface area contributed by atoms with Gasteiger partial charge in [-0.25, -0.2) is 18.4 Å². The molecule has 1 aromatic rings. The van der Waals surface area contributed by atoms with Crippen molar-refractivity contribution in [2.24, 2.45) is 5.14 Å². The van der Waals surface area contributed by atoms with E-state index in [1.54, 1.807) is 11.0 Å². The van der Waals surface area contributed by atoms with Crippen LogP contribution in [0.25, 0.3) is 0 Å². The van der Waals surface area contributed by atoms with E-state index in [1.165, 1.54) is 6.07 Å². The van der Waals surface area contributed by atoms with Crippen molar-refractivity contribution in [3.8, 4) is 0 Å². The molecule has 1 aliphatic heterocycles. The molecule has 0 unspecified atom stereocenters. The molecule has 1 aromatic heterocycles. The van der Waals surface area contributed by atoms with E-state index in [0.29, 0.717) is 13.1 Å². The van der Waals surface area contributed by atoms with E-state index < -0.39 is 10.0 Å². The quantitative estimate of drug-likeness (QED) is 0.804. The summed E-state index contributed by atoms with van der Waals surface area (Å²) in [5.74, 6) is 0. The summed E-state index contributed by atoms with van der Waals surface area (Å²) in [6.07, 6.45) is 2.13. The van der Waals surface area contributed by atoms with Crippen molar-refractivity contribution in [2.45, 2.75) is 36.6 Å². The first-order chi connectivity index (χ1) is 10.4. The number of nitrogens with zero attached hydrogens (tertiary/aromatic N) is 1. The molecule has 0 aromatic carbocycles. The molecule has 1 fully saturated rings. The number of nitrogens with two attached hydrogens (primary N) is 1. The minimum Gasteiger partial charge on any atom is -0.376 e. The summed E-state index contributed by atoms with van der Waals surface area (Å²) >= 11 is 1.06. The lowest BCUT2D eigenvalue weighted by atomic mass is 10.2. The number of thiophene rings is 1. The first-order valence-electron chi connectivity index (χ1n) is 7.16. The van der Waals surface area contributed by atoms with Gasteiger partial charge in [0.15, 0.2) is 0 Å². The van der Waals surface area contributed by atoms with Crippen molar-refractivity contribution in [1.29, 1.82) is 0 Å². The maximum Gasteiger partial charge on any atom is 0.317 e. The van der Waals surface area contributed by atoms with Crippen LogP contribution in [0.4, 0.5) is 4.79 Å². The number of carbonyl (C=O) groups excluding carboxylic acids is 1. The Morgan fingerprint density at radius 1 is 1.55 bits per heavy atom. The second kappa shape index (κ2) is 7.40. The van der Waals surface area contributed by atoms with E-state index in [1.807, 2.05) is 6.92 Å². The van der Waals surface area contributed by atoms with Crippen LogP contribution in [0.2, 0.25) is 0 Å². The van der Waals surface area contributed by atoms with Gasteiger partial charge in [0.1, 0.15) is 4.21 Å². The van der Waals surface area contributed by atoms with Crippen molar-refractivity contribution in [2.75, 3.05) is 19.7 Å². The maximum atomic E-state index is 12.2. The molecule has 0 radical (unpaired) electrons. The predicted molar refractivity (Wildman–Crippen MR) is 84.1 cm³/mol. The molecule has 0 bridgehead atoms. The molecular formula is C13H21N3O4S2. The molecule has 1 saturated heterocycles. The lowest BCUT2D eigenvalue weighted by Crippen LogP contribution is -2.43. The van der Waals surface area contributed by atoms with Crippen LogP contribution in [0, 0.1) is 0 Å². The number of ether oxygens (including phenoxy) is 1. The monoisotopic (exact) mass is 347 g/mol. The number of likely N-dealkylation sites (N-methyl/N-ethyl adjacent to an activating group) is 1. The number of hydrogen-bond acceptors (Lipinski definition) is 5. The average Bonchev–Trinajstić information content (AvgIpc) is 3.12. The zero-order chi connectivity index (χ0) is 16.2. The van der Waals surface area contributed by atoms with Gasteiger partial charge in [-0.1, -0.05) is 0 Å². The van der Waals surface area contributed by atoms with Crippen molar-refractivity contribution < 1.29 is 17.9 Å². The molecule has 2 rings (SSSR count). The molecule has 3 N–H and O–H groups in total. The van der Waals surface area contributed by atoms with E-state index in [4.69, 9.17) is 9.88 Å². The van der Waals surface area contributed by atoms with Crippen LogP contribution in [0.5, 0.6) is 0 Å². The summed E-state index contributed by atoms with van der Waals surface area (Å²) < 4.78 is 28.1. The molecule has 2 amide bonds. The van der Waals surface area contributed by atoms with Crippen LogP contribution in [0.1, 0.15) is 24.6 Å². The zero-order valence-corrected chi connectivity index (χ0v) is 14.1. The Hall–Kier alpha value is -1.16. The Morgan fingerprint density at radius 2 is 2.32 bits per heavy atom. The SMILES string of the molecule is CCN(C[C@@H]1CCCO1)C(=O)NCc1ccc(S(N)(=O)=O)s1. The summed E-state index contributed by atoms with van der Waals surface area (Å²) in [6, 6.07) is 2.93. The number of hydrogen-bond donors (Lipinski definition) is 2. The van der Waals surface area contributed by atoms with Gasteiger partial charge in [-0.05, 0) is 31.9 Å². The van der Waals surface area contributed by atoms with Gasteiger partial charge in [-0.15, -0.1) is 11.3 Å². The highest BCUT2D eigenvalue weighted by Gasteiger charge is 2.21. The highest BCUT2D eigenvalue weighted by atomic mass is 32.2. The van der Waals surface area contributed by atoms with Gasteiger partial charge in [0.05, 0.1) is 12.6 Å². The van der Waals surface area contributed by atoms with Crippen LogP contribution < -0.4 is 10.5 Å². The van der Waals surface area contributed by atoms with Crippen LogP contribution >= 0.6 is 11.3 Å². The molecule has 0 saturated carbocycles. The topological polar surface area (TPSA) is 102 Å². The summed E-state index contributed by atoms with van der Waals surface area (Å²) in [5, 5.41) is 7.86. The Balaban J connectivity index is 1.86. The third kappa shape index (κ3) is 4.67. The van der Waals surface area contributed by atoms with Crippen LogP contribution in [-0.2, 0) is 21.3 Å². The maximum absolute atomic E-state index is 12.2. The molecule has 0 aliphatic carbocycles. The summed E-state index contributed by atoms with van der Waals surface area (Å²) in [6.45, 7) is 4.13. The van der Waals surface area contributed by atoms with Gasteiger partial charge in [-0.2, -0.15) is 0 Å². The standard InChI is InChI=1S/C13H21N3O4S2/c1-2-16(9-10-4-3-7-20-10)13(17)15-8-11-5-6-12(21-11)22(14,18)19/h5-6,10H,2-4,7-9H2,1H3,(H,15,17)(H2,14,18,19)/t10-/m0/s1. The van der Waals surface area contributed by atoms with E-state index in [0.717, 1.165) is 35.7 Å². The van der Waals surface area contributed by atoms with Crippen molar-refractivity contribution in [3.63, 3.8) is 0 Å². The van der Waals surface area contributed by atoms with E-state index in [9.17, 15) is 13.2 Å². The van der Waals surface area contributed by atoms with Crippen LogP contribution in [-0.4, -0.2) is 45.1 Å². The molecule has 0 spiro atoms. The molecule has 2 heterocycles. The van der Waals surface area contributed by atoms with Gasteiger partial charge in [0.2, 0.25) is 10.0 Å². The van der Waals surface area contributed by atoms with Gasteiger partial charge < -0.3 is 15.0 Å². The number of primary sulfonamides is 1. The lowest BCUT2D eigenvalue weighted by Gasteiger charge is -2.24. The Labute approximate surface area is 134 Å². The fourth-order valence-corrected chi connectivity index (χ4v) is 3.99. The fourth-order valence-electron chi connectivity index (χ4n) is 2.27. The second-order valence-electron chi connectivity index (χ2n) is 5.10. The third-order valence-corrected chi connectivity index (χ3v) is 5.97. The average molecular weight is 347 g/mol. The number of carbonyl (C=O) groups is 1. The number of sulfonamides is 1. The Morgan fingerprint density at radius 3 is 2.86 bits per heavy atom. The normalized spacial score (nSPS) is 18.4. The highest BCUT2D eigenvalue weighted by Crippen LogP contribution is 2.20. The van der Waals surface area contributed by atoms with Crippen LogP contribution in [0.3, 0.4) is 0 Å². The highest BCUT2D eigenvalue weighted by molar-refractivity contribution is 7.91. The Bertz CT molecular complexity index is 609. The molecule has 124 valence electrons. The molecule has 7 nitrogen and oxygen atoms in total. The summed E-state index contributed by atoms with van der Waals surface area (Å²) in [4.78, 5) is 14.6. The van der Waals surface area contributed by atoms with Crippen molar-refractivity contribution in [3.05, 3.63) is 17.0 Å². The number of urea groups is 1. The van der Waals surface area contributed by atoms with Crippen molar-refractivity contribution in [1.82, 2.24) is 10.2 Å². The van der Waals surface area contributed by atoms with E-state index in [2.05, 4.69) is 5.32 Å².